The molecule has 9 aromatic rings. The summed E-state index contributed by atoms with van der Waals surface area (Å²) >= 11 is 0. The predicted octanol–water partition coefficient (Wildman–Crippen LogP) is 12.5. The van der Waals surface area contributed by atoms with Gasteiger partial charge in [0.25, 0.3) is 0 Å². The van der Waals surface area contributed by atoms with Gasteiger partial charge in [-0.1, -0.05) is 48.5 Å². The third-order valence-corrected chi connectivity index (χ3v) is 9.38. The van der Waals surface area contributed by atoms with E-state index < -0.39 is 0 Å². The Morgan fingerprint density at radius 2 is 0.782 bits per heavy atom. The molecule has 0 aliphatic carbocycles. The lowest BCUT2D eigenvalue weighted by molar-refractivity contribution is 0.597. The Kier molecular flexibility index (Phi) is 9.15. The molecule has 0 aliphatic heterocycles. The van der Waals surface area contributed by atoms with E-state index in [-0.39, 0.29) is 0 Å². The molecule has 5 heterocycles. The van der Waals surface area contributed by atoms with Crippen LogP contribution in [0.5, 0.6) is 0 Å². The minimum atomic E-state index is 0.788. The van der Waals surface area contributed by atoms with Crippen LogP contribution in [0.25, 0.3) is 44.9 Å². The van der Waals surface area contributed by atoms with Crippen LogP contribution in [0.2, 0.25) is 0 Å². The number of pyridine rings is 4. The summed E-state index contributed by atoms with van der Waals surface area (Å²) in [6.45, 7) is 0. The van der Waals surface area contributed by atoms with Crippen molar-refractivity contribution < 1.29 is 4.42 Å². The summed E-state index contributed by atoms with van der Waals surface area (Å²) in [5.74, 6) is 3.22. The average molecular weight is 711 g/mol. The van der Waals surface area contributed by atoms with Gasteiger partial charge in [-0.15, -0.1) is 0 Å². The van der Waals surface area contributed by atoms with Crippen LogP contribution >= 0.6 is 0 Å². The Labute approximate surface area is 319 Å². The van der Waals surface area contributed by atoms with E-state index in [1.807, 2.05) is 85.5 Å². The Morgan fingerprint density at radius 1 is 0.327 bits per heavy atom. The van der Waals surface area contributed by atoms with Gasteiger partial charge in [0, 0.05) is 82.2 Å². The summed E-state index contributed by atoms with van der Waals surface area (Å²) in [5.41, 5.74) is 10.2. The molecular weight excluding hydrogens is 677 g/mol. The normalized spacial score (nSPS) is 10.9. The van der Waals surface area contributed by atoms with E-state index in [0.29, 0.717) is 0 Å². The van der Waals surface area contributed by atoms with Gasteiger partial charge in [-0.25, -0.2) is 9.97 Å². The lowest BCUT2D eigenvalue weighted by Crippen LogP contribution is -2.11. The average Bonchev–Trinajstić information content (AvgIpc) is 3.77. The van der Waals surface area contributed by atoms with Gasteiger partial charge in [0.15, 0.2) is 0 Å². The van der Waals surface area contributed by atoms with Crippen molar-refractivity contribution in [2.24, 2.45) is 0 Å². The van der Waals surface area contributed by atoms with E-state index in [1.54, 1.807) is 12.4 Å². The molecule has 0 radical (unpaired) electrons. The molecular formula is C48H34N6O. The standard InChI is InChI=1S/C48H34N6O/c1-3-29-51-47(15-1)53(43-13-5-9-37(31-43)39-11-7-27-49-33-39)41-21-17-35(18-22-41)45-25-26-46(55-45)36-19-23-42(24-20-36)54(48-16-2-4-30-52-48)44-14-6-10-38(32-44)40-12-8-28-50-34-40/h1-34H. The van der Waals surface area contributed by atoms with Crippen LogP contribution in [-0.4, -0.2) is 19.9 Å². The highest BCUT2D eigenvalue weighted by atomic mass is 16.3. The topological polar surface area (TPSA) is 71.2 Å². The van der Waals surface area contributed by atoms with Gasteiger partial charge in [0.05, 0.1) is 0 Å². The van der Waals surface area contributed by atoms with Gasteiger partial charge in [0.1, 0.15) is 23.2 Å². The van der Waals surface area contributed by atoms with Crippen LogP contribution in [-0.2, 0) is 0 Å². The second-order valence-electron chi connectivity index (χ2n) is 12.9. The molecule has 4 aromatic carbocycles. The van der Waals surface area contributed by atoms with Crippen molar-refractivity contribution in [3.8, 4) is 44.9 Å². The van der Waals surface area contributed by atoms with Gasteiger partial charge < -0.3 is 4.42 Å². The molecule has 7 heteroatoms. The van der Waals surface area contributed by atoms with Gasteiger partial charge >= 0.3 is 0 Å². The zero-order valence-electron chi connectivity index (χ0n) is 29.7. The van der Waals surface area contributed by atoms with E-state index in [4.69, 9.17) is 14.4 Å². The van der Waals surface area contributed by atoms with Crippen molar-refractivity contribution in [2.75, 3.05) is 9.80 Å². The van der Waals surface area contributed by atoms with Gasteiger partial charge in [-0.2, -0.15) is 0 Å². The number of rotatable bonds is 10. The van der Waals surface area contributed by atoms with Crippen molar-refractivity contribution >= 4 is 34.4 Å². The SMILES string of the molecule is c1ccc(N(c2ccc(-c3ccc(-c4ccc(N(c5cccc(-c6cccnc6)c5)c5ccccn5)cc4)o3)cc2)c2cccc(-c3cccnc3)c2)nc1. The Morgan fingerprint density at radius 3 is 1.18 bits per heavy atom. The minimum absolute atomic E-state index is 0.788. The van der Waals surface area contributed by atoms with Crippen molar-refractivity contribution in [3.05, 3.63) is 207 Å². The highest BCUT2D eigenvalue weighted by Crippen LogP contribution is 2.39. The van der Waals surface area contributed by atoms with Gasteiger partial charge in [0.2, 0.25) is 0 Å². The predicted molar refractivity (Wildman–Crippen MR) is 221 cm³/mol. The fourth-order valence-corrected chi connectivity index (χ4v) is 6.71. The molecule has 0 bridgehead atoms. The van der Waals surface area contributed by atoms with Crippen LogP contribution < -0.4 is 9.80 Å². The number of aromatic nitrogens is 4. The first-order chi connectivity index (χ1) is 27.3. The number of hydrogen-bond acceptors (Lipinski definition) is 7. The number of furan rings is 1. The van der Waals surface area contributed by atoms with Crippen LogP contribution in [0.3, 0.4) is 0 Å². The maximum atomic E-state index is 6.46. The first-order valence-corrected chi connectivity index (χ1v) is 18.0. The smallest absolute Gasteiger partial charge is 0.137 e. The van der Waals surface area contributed by atoms with Crippen molar-refractivity contribution in [1.82, 2.24) is 19.9 Å². The summed E-state index contributed by atoms with van der Waals surface area (Å²) in [7, 11) is 0. The van der Waals surface area contributed by atoms with E-state index in [2.05, 4.69) is 129 Å². The fraction of sp³-hybridized carbons (Fsp3) is 0. The third kappa shape index (κ3) is 7.10. The van der Waals surface area contributed by atoms with E-state index in [1.165, 1.54) is 0 Å². The summed E-state index contributed by atoms with van der Waals surface area (Å²) in [4.78, 5) is 22.4. The molecule has 0 spiro atoms. The Balaban J connectivity index is 0.988. The van der Waals surface area contributed by atoms with Crippen molar-refractivity contribution in [3.63, 3.8) is 0 Å². The van der Waals surface area contributed by atoms with E-state index in [0.717, 1.165) is 79.3 Å². The van der Waals surface area contributed by atoms with Gasteiger partial charge in [-0.05, 0) is 132 Å². The maximum Gasteiger partial charge on any atom is 0.137 e. The van der Waals surface area contributed by atoms with Gasteiger partial charge in [-0.3, -0.25) is 19.8 Å². The molecule has 0 atom stereocenters. The van der Waals surface area contributed by atoms with Crippen LogP contribution in [0.4, 0.5) is 34.4 Å². The zero-order valence-corrected chi connectivity index (χ0v) is 29.7. The highest BCUT2D eigenvalue weighted by molar-refractivity contribution is 5.81. The third-order valence-electron chi connectivity index (χ3n) is 9.38. The van der Waals surface area contributed by atoms with Crippen molar-refractivity contribution in [1.29, 1.82) is 0 Å². The second-order valence-corrected chi connectivity index (χ2v) is 12.9. The zero-order chi connectivity index (χ0) is 36.8. The molecule has 0 saturated carbocycles. The first kappa shape index (κ1) is 33.2. The van der Waals surface area contributed by atoms with E-state index >= 15 is 0 Å². The quantitative estimate of drug-likeness (QED) is 0.140. The summed E-state index contributed by atoms with van der Waals surface area (Å²) < 4.78 is 6.46. The second kappa shape index (κ2) is 15.1. The fourth-order valence-electron chi connectivity index (χ4n) is 6.71. The maximum absolute atomic E-state index is 6.46. The number of nitrogens with zero attached hydrogens (tertiary/aromatic N) is 6. The largest absolute Gasteiger partial charge is 0.456 e. The minimum Gasteiger partial charge on any atom is -0.456 e. The molecule has 0 aliphatic rings. The number of hydrogen-bond donors (Lipinski definition) is 0. The van der Waals surface area contributed by atoms with Crippen molar-refractivity contribution in [2.45, 2.75) is 0 Å². The molecule has 9 rings (SSSR count). The molecule has 0 saturated heterocycles. The highest BCUT2D eigenvalue weighted by Gasteiger charge is 2.17. The molecule has 0 amide bonds. The molecule has 55 heavy (non-hydrogen) atoms. The Bertz CT molecular complexity index is 2450. The molecule has 0 unspecified atom stereocenters. The molecule has 0 N–H and O–H groups in total. The number of benzene rings is 4. The summed E-state index contributed by atoms with van der Waals surface area (Å²) in [6, 6.07) is 57.6. The molecule has 7 nitrogen and oxygen atoms in total. The summed E-state index contributed by atoms with van der Waals surface area (Å²) in [5, 5.41) is 0. The monoisotopic (exact) mass is 710 g/mol. The van der Waals surface area contributed by atoms with Crippen LogP contribution in [0, 0.1) is 0 Å². The lowest BCUT2D eigenvalue weighted by atomic mass is 10.1. The molecule has 5 aromatic heterocycles. The van der Waals surface area contributed by atoms with Crippen LogP contribution in [0.15, 0.2) is 211 Å². The molecule has 262 valence electrons. The van der Waals surface area contributed by atoms with E-state index in [9.17, 15) is 0 Å². The summed E-state index contributed by atoms with van der Waals surface area (Å²) in [6.07, 6.45) is 11.0. The van der Waals surface area contributed by atoms with Crippen LogP contribution in [0.1, 0.15) is 0 Å². The Hall–Kier alpha value is -7.64. The molecule has 0 fully saturated rings. The first-order valence-electron chi connectivity index (χ1n) is 18.0. The lowest BCUT2D eigenvalue weighted by Gasteiger charge is -2.25. The number of anilines is 6.